The van der Waals surface area contributed by atoms with Gasteiger partial charge in [-0.25, -0.2) is 9.97 Å². The van der Waals surface area contributed by atoms with Gasteiger partial charge in [0.25, 0.3) is 5.56 Å². The average molecular weight is 352 g/mol. The number of pyridine rings is 1. The molecule has 0 aliphatic rings. The monoisotopic (exact) mass is 352 g/mol. The SMILES string of the molecule is CC(C)Nc1nc(-c2ccc(C(N)=NO)cc2)cc2ncn(C)c(=O)c12. The Kier molecular flexibility index (Phi) is 4.57. The summed E-state index contributed by atoms with van der Waals surface area (Å²) in [5.41, 5.74) is 8.12. The van der Waals surface area contributed by atoms with Gasteiger partial charge < -0.3 is 20.8 Å². The molecule has 0 fully saturated rings. The lowest BCUT2D eigenvalue weighted by Gasteiger charge is -2.14. The van der Waals surface area contributed by atoms with E-state index in [1.807, 2.05) is 26.0 Å². The molecular formula is C18H20N6O2. The molecule has 3 aromatic rings. The second-order valence-corrected chi connectivity index (χ2v) is 6.27. The Bertz CT molecular complexity index is 1040. The van der Waals surface area contributed by atoms with Crippen LogP contribution in [0.5, 0.6) is 0 Å². The van der Waals surface area contributed by atoms with Gasteiger partial charge in [0.15, 0.2) is 5.84 Å². The largest absolute Gasteiger partial charge is 0.409 e. The van der Waals surface area contributed by atoms with Crippen LogP contribution < -0.4 is 16.6 Å². The molecule has 0 saturated heterocycles. The maximum atomic E-state index is 12.5. The predicted molar refractivity (Wildman–Crippen MR) is 101 cm³/mol. The smallest absolute Gasteiger partial charge is 0.264 e. The Hall–Kier alpha value is -3.42. The number of anilines is 1. The molecule has 0 unspecified atom stereocenters. The van der Waals surface area contributed by atoms with Gasteiger partial charge in [-0.05, 0) is 19.9 Å². The molecule has 26 heavy (non-hydrogen) atoms. The fourth-order valence-electron chi connectivity index (χ4n) is 2.62. The zero-order chi connectivity index (χ0) is 18.8. The number of nitrogens with two attached hydrogens (primary N) is 1. The average Bonchev–Trinajstić information content (AvgIpc) is 2.63. The number of hydrogen-bond donors (Lipinski definition) is 3. The lowest BCUT2D eigenvalue weighted by molar-refractivity contribution is 0.318. The van der Waals surface area contributed by atoms with Crippen LogP contribution in [0, 0.1) is 0 Å². The highest BCUT2D eigenvalue weighted by Gasteiger charge is 2.14. The Labute approximate surface area is 150 Å². The first-order valence-corrected chi connectivity index (χ1v) is 8.12. The van der Waals surface area contributed by atoms with E-state index in [4.69, 9.17) is 10.9 Å². The van der Waals surface area contributed by atoms with E-state index in [-0.39, 0.29) is 17.4 Å². The summed E-state index contributed by atoms with van der Waals surface area (Å²) in [6.45, 7) is 3.96. The molecule has 0 aliphatic heterocycles. The van der Waals surface area contributed by atoms with Crippen molar-refractivity contribution in [1.82, 2.24) is 14.5 Å². The number of nitrogens with zero attached hydrogens (tertiary/aromatic N) is 4. The van der Waals surface area contributed by atoms with E-state index in [1.54, 1.807) is 25.2 Å². The van der Waals surface area contributed by atoms with Gasteiger partial charge in [0.1, 0.15) is 11.2 Å². The fraction of sp³-hybridized carbons (Fsp3) is 0.222. The standard InChI is InChI=1S/C18H20N6O2/c1-10(2)21-17-15-14(20-9-24(3)18(15)25)8-13(22-17)11-4-6-12(7-5-11)16(19)23-26/h4-10,26H,1-3H3,(H2,19,23)(H,21,22). The van der Waals surface area contributed by atoms with Gasteiger partial charge >= 0.3 is 0 Å². The number of benzene rings is 1. The van der Waals surface area contributed by atoms with E-state index in [9.17, 15) is 4.79 Å². The number of aryl methyl sites for hydroxylation is 1. The van der Waals surface area contributed by atoms with Crippen molar-refractivity contribution in [2.45, 2.75) is 19.9 Å². The zero-order valence-corrected chi connectivity index (χ0v) is 14.8. The highest BCUT2D eigenvalue weighted by atomic mass is 16.4. The highest BCUT2D eigenvalue weighted by molar-refractivity contribution is 5.97. The van der Waals surface area contributed by atoms with Crippen molar-refractivity contribution in [3.63, 3.8) is 0 Å². The molecule has 2 aromatic heterocycles. The van der Waals surface area contributed by atoms with E-state index in [2.05, 4.69) is 20.4 Å². The van der Waals surface area contributed by atoms with Crippen LogP contribution in [0.4, 0.5) is 5.82 Å². The molecule has 8 heteroatoms. The van der Waals surface area contributed by atoms with Crippen molar-refractivity contribution in [2.24, 2.45) is 17.9 Å². The summed E-state index contributed by atoms with van der Waals surface area (Å²) >= 11 is 0. The summed E-state index contributed by atoms with van der Waals surface area (Å²) in [4.78, 5) is 21.5. The van der Waals surface area contributed by atoms with Crippen LogP contribution in [0.25, 0.3) is 22.2 Å². The fourth-order valence-corrected chi connectivity index (χ4v) is 2.62. The van der Waals surface area contributed by atoms with Crippen molar-refractivity contribution in [3.05, 3.63) is 52.6 Å². The molecule has 0 spiro atoms. The van der Waals surface area contributed by atoms with Crippen LogP contribution in [0.2, 0.25) is 0 Å². The normalized spacial score (nSPS) is 11.9. The summed E-state index contributed by atoms with van der Waals surface area (Å²) in [6, 6.07) is 9.00. The van der Waals surface area contributed by atoms with Gasteiger partial charge in [0, 0.05) is 24.2 Å². The Morgan fingerprint density at radius 1 is 1.31 bits per heavy atom. The first-order valence-electron chi connectivity index (χ1n) is 8.12. The minimum atomic E-state index is -0.153. The zero-order valence-electron chi connectivity index (χ0n) is 14.8. The summed E-state index contributed by atoms with van der Waals surface area (Å²) in [7, 11) is 1.66. The molecule has 1 aromatic carbocycles. The van der Waals surface area contributed by atoms with Gasteiger partial charge in [0.05, 0.1) is 17.5 Å². The third kappa shape index (κ3) is 3.21. The number of nitrogens with one attached hydrogen (secondary N) is 1. The maximum absolute atomic E-state index is 12.5. The first kappa shape index (κ1) is 17.4. The van der Waals surface area contributed by atoms with E-state index < -0.39 is 0 Å². The third-order valence-corrected chi connectivity index (χ3v) is 3.91. The number of hydrogen-bond acceptors (Lipinski definition) is 6. The number of aromatic nitrogens is 3. The molecule has 2 heterocycles. The lowest BCUT2D eigenvalue weighted by atomic mass is 10.1. The van der Waals surface area contributed by atoms with Gasteiger partial charge in [-0.15, -0.1) is 0 Å². The maximum Gasteiger partial charge on any atom is 0.264 e. The second-order valence-electron chi connectivity index (χ2n) is 6.27. The molecule has 3 rings (SSSR count). The molecule has 0 atom stereocenters. The predicted octanol–water partition coefficient (Wildman–Crippen LogP) is 1.91. The van der Waals surface area contributed by atoms with Crippen molar-refractivity contribution >= 4 is 22.6 Å². The summed E-state index contributed by atoms with van der Waals surface area (Å²) in [6.07, 6.45) is 1.50. The van der Waals surface area contributed by atoms with Crippen LogP contribution in [0.15, 0.2) is 46.6 Å². The van der Waals surface area contributed by atoms with Crippen molar-refractivity contribution < 1.29 is 5.21 Å². The molecule has 8 nitrogen and oxygen atoms in total. The number of fused-ring (bicyclic) bond motifs is 1. The summed E-state index contributed by atoms with van der Waals surface area (Å²) in [5, 5.41) is 15.4. The van der Waals surface area contributed by atoms with Gasteiger partial charge in [-0.3, -0.25) is 4.79 Å². The van der Waals surface area contributed by atoms with Gasteiger partial charge in [-0.1, -0.05) is 29.4 Å². The quantitative estimate of drug-likeness (QED) is 0.286. The van der Waals surface area contributed by atoms with Crippen molar-refractivity contribution in [1.29, 1.82) is 0 Å². The van der Waals surface area contributed by atoms with Crippen LogP contribution in [0.1, 0.15) is 19.4 Å². The molecule has 0 radical (unpaired) electrons. The molecular weight excluding hydrogens is 332 g/mol. The van der Waals surface area contributed by atoms with Crippen LogP contribution >= 0.6 is 0 Å². The molecule has 0 bridgehead atoms. The number of rotatable bonds is 4. The van der Waals surface area contributed by atoms with Crippen molar-refractivity contribution in [3.8, 4) is 11.3 Å². The summed E-state index contributed by atoms with van der Waals surface area (Å²) in [5.74, 6) is 0.539. The highest BCUT2D eigenvalue weighted by Crippen LogP contribution is 2.25. The third-order valence-electron chi connectivity index (χ3n) is 3.91. The van der Waals surface area contributed by atoms with Crippen LogP contribution in [-0.2, 0) is 7.05 Å². The van der Waals surface area contributed by atoms with Gasteiger partial charge in [0.2, 0.25) is 0 Å². The molecule has 0 amide bonds. The minimum absolute atomic E-state index is 0.0374. The van der Waals surface area contributed by atoms with E-state index in [0.29, 0.717) is 28.0 Å². The van der Waals surface area contributed by atoms with Crippen molar-refractivity contribution in [2.75, 3.05) is 5.32 Å². The minimum Gasteiger partial charge on any atom is -0.409 e. The number of oxime groups is 1. The van der Waals surface area contributed by atoms with Crippen LogP contribution in [0.3, 0.4) is 0 Å². The second kappa shape index (κ2) is 6.83. The van der Waals surface area contributed by atoms with E-state index in [1.165, 1.54) is 10.9 Å². The van der Waals surface area contributed by atoms with E-state index in [0.717, 1.165) is 5.56 Å². The molecule has 4 N–H and O–H groups in total. The molecule has 0 aliphatic carbocycles. The number of amidine groups is 1. The van der Waals surface area contributed by atoms with Gasteiger partial charge in [-0.2, -0.15) is 0 Å². The first-order chi connectivity index (χ1) is 12.4. The van der Waals surface area contributed by atoms with Crippen LogP contribution in [-0.4, -0.2) is 31.6 Å². The Morgan fingerprint density at radius 2 is 2.00 bits per heavy atom. The topological polar surface area (TPSA) is 118 Å². The Morgan fingerprint density at radius 3 is 2.62 bits per heavy atom. The molecule has 134 valence electrons. The molecule has 0 saturated carbocycles. The Balaban J connectivity index is 2.18. The lowest BCUT2D eigenvalue weighted by Crippen LogP contribution is -2.21. The summed E-state index contributed by atoms with van der Waals surface area (Å²) < 4.78 is 1.43. The van der Waals surface area contributed by atoms with E-state index >= 15 is 0 Å².